The molecule has 2 heterocycles. The van der Waals surface area contributed by atoms with Gasteiger partial charge in [0.1, 0.15) is 0 Å². The highest BCUT2D eigenvalue weighted by Crippen LogP contribution is 2.13. The first-order valence-electron chi connectivity index (χ1n) is 5.51. The molecule has 0 unspecified atom stereocenters. The van der Waals surface area contributed by atoms with E-state index in [1.54, 1.807) is 13.3 Å². The maximum absolute atomic E-state index is 5.06. The Morgan fingerprint density at radius 1 is 1.18 bits per heavy atom. The van der Waals surface area contributed by atoms with Gasteiger partial charge in [0.05, 0.1) is 7.11 Å². The molecule has 0 aliphatic carbocycles. The van der Waals surface area contributed by atoms with E-state index >= 15 is 0 Å². The lowest BCUT2D eigenvalue weighted by atomic mass is 10.2. The predicted octanol–water partition coefficient (Wildman–Crippen LogP) is 2.14. The van der Waals surface area contributed by atoms with Gasteiger partial charge in [-0.1, -0.05) is 0 Å². The van der Waals surface area contributed by atoms with Crippen LogP contribution in [0, 0.1) is 0 Å². The Hall–Kier alpha value is -2.10. The third kappa shape index (κ3) is 3.45. The van der Waals surface area contributed by atoms with Crippen molar-refractivity contribution in [3.8, 4) is 5.88 Å². The van der Waals surface area contributed by atoms with Gasteiger partial charge >= 0.3 is 0 Å². The number of nitrogens with one attached hydrogen (secondary N) is 1. The number of ether oxygens (including phenoxy) is 1. The highest BCUT2D eigenvalue weighted by atomic mass is 16.5. The Balaban J connectivity index is 1.86. The predicted molar refractivity (Wildman–Crippen MR) is 67.2 cm³/mol. The van der Waals surface area contributed by atoms with Gasteiger partial charge in [0.15, 0.2) is 0 Å². The van der Waals surface area contributed by atoms with Crippen molar-refractivity contribution < 1.29 is 4.74 Å². The maximum Gasteiger partial charge on any atom is 0.214 e. The van der Waals surface area contributed by atoms with Crippen LogP contribution in [0.4, 0.5) is 5.69 Å². The van der Waals surface area contributed by atoms with Gasteiger partial charge in [-0.05, 0) is 30.2 Å². The van der Waals surface area contributed by atoms with E-state index in [1.807, 2.05) is 36.7 Å². The fraction of sp³-hybridized carbons (Fsp3) is 0.231. The van der Waals surface area contributed by atoms with Crippen LogP contribution in [0.2, 0.25) is 0 Å². The largest absolute Gasteiger partial charge is 0.481 e. The van der Waals surface area contributed by atoms with Crippen LogP contribution < -0.4 is 10.1 Å². The molecule has 4 nitrogen and oxygen atoms in total. The summed E-state index contributed by atoms with van der Waals surface area (Å²) in [7, 11) is 1.61. The second-order valence-electron chi connectivity index (χ2n) is 3.62. The normalized spacial score (nSPS) is 9.94. The van der Waals surface area contributed by atoms with Gasteiger partial charge in [-0.15, -0.1) is 0 Å². The molecule has 0 radical (unpaired) electrons. The number of pyridine rings is 2. The van der Waals surface area contributed by atoms with Gasteiger partial charge in [0.2, 0.25) is 5.88 Å². The molecule has 2 aromatic rings. The summed E-state index contributed by atoms with van der Waals surface area (Å²) in [5, 5.41) is 3.33. The second-order valence-corrected chi connectivity index (χ2v) is 3.62. The van der Waals surface area contributed by atoms with Crippen molar-refractivity contribution in [2.24, 2.45) is 0 Å². The number of anilines is 1. The van der Waals surface area contributed by atoms with Crippen LogP contribution in [0.15, 0.2) is 42.9 Å². The molecule has 0 bridgehead atoms. The molecule has 2 rings (SSSR count). The first kappa shape index (κ1) is 11.4. The summed E-state index contributed by atoms with van der Waals surface area (Å²) in [5.74, 6) is 0.624. The van der Waals surface area contributed by atoms with Crippen molar-refractivity contribution >= 4 is 5.69 Å². The van der Waals surface area contributed by atoms with Crippen LogP contribution in [-0.2, 0) is 6.42 Å². The van der Waals surface area contributed by atoms with E-state index in [0.717, 1.165) is 18.7 Å². The molecule has 0 fully saturated rings. The molecule has 0 amide bonds. The smallest absolute Gasteiger partial charge is 0.214 e. The molecule has 0 atom stereocenters. The molecule has 0 saturated heterocycles. The molecule has 0 aliphatic rings. The Kier molecular flexibility index (Phi) is 3.91. The van der Waals surface area contributed by atoms with Gasteiger partial charge in [0, 0.05) is 36.9 Å². The highest BCUT2D eigenvalue weighted by Gasteiger charge is 1.96. The third-order valence-electron chi connectivity index (χ3n) is 2.44. The van der Waals surface area contributed by atoms with Crippen molar-refractivity contribution in [2.45, 2.75) is 6.42 Å². The van der Waals surface area contributed by atoms with E-state index in [-0.39, 0.29) is 0 Å². The van der Waals surface area contributed by atoms with Gasteiger partial charge in [-0.25, -0.2) is 4.98 Å². The molecule has 4 heteroatoms. The maximum atomic E-state index is 5.06. The second kappa shape index (κ2) is 5.84. The fourth-order valence-corrected chi connectivity index (χ4v) is 1.53. The van der Waals surface area contributed by atoms with Crippen LogP contribution in [0.3, 0.4) is 0 Å². The molecular formula is C13H15N3O. The van der Waals surface area contributed by atoms with Crippen molar-refractivity contribution in [3.05, 3.63) is 48.4 Å². The highest BCUT2D eigenvalue weighted by molar-refractivity contribution is 5.45. The zero-order chi connectivity index (χ0) is 11.9. The van der Waals surface area contributed by atoms with E-state index in [4.69, 9.17) is 4.74 Å². The molecule has 88 valence electrons. The minimum absolute atomic E-state index is 0.624. The summed E-state index contributed by atoms with van der Waals surface area (Å²) in [6.45, 7) is 0.872. The van der Waals surface area contributed by atoms with E-state index in [9.17, 15) is 0 Å². The number of aromatic nitrogens is 2. The van der Waals surface area contributed by atoms with Crippen LogP contribution >= 0.6 is 0 Å². The molecule has 0 aromatic carbocycles. The number of hydrogen-bond donors (Lipinski definition) is 1. The van der Waals surface area contributed by atoms with Crippen LogP contribution in [-0.4, -0.2) is 23.6 Å². The first-order chi connectivity index (χ1) is 8.38. The first-order valence-corrected chi connectivity index (χ1v) is 5.51. The topological polar surface area (TPSA) is 47.0 Å². The van der Waals surface area contributed by atoms with Crippen LogP contribution in [0.25, 0.3) is 0 Å². The summed E-state index contributed by atoms with van der Waals surface area (Å²) in [6.07, 6.45) is 6.32. The SMILES string of the molecule is COc1cc(NCCc2ccncc2)ccn1. The Labute approximate surface area is 101 Å². The van der Waals surface area contributed by atoms with Crippen LogP contribution in [0.5, 0.6) is 5.88 Å². The van der Waals surface area contributed by atoms with Gasteiger partial charge in [-0.2, -0.15) is 0 Å². The third-order valence-corrected chi connectivity index (χ3v) is 2.44. The molecule has 0 saturated carbocycles. The fourth-order valence-electron chi connectivity index (χ4n) is 1.53. The van der Waals surface area contributed by atoms with Crippen LogP contribution in [0.1, 0.15) is 5.56 Å². The molecule has 2 aromatic heterocycles. The molecule has 0 spiro atoms. The average molecular weight is 229 g/mol. The lowest BCUT2D eigenvalue weighted by Crippen LogP contribution is -2.05. The minimum atomic E-state index is 0.624. The van der Waals surface area contributed by atoms with E-state index in [2.05, 4.69) is 15.3 Å². The summed E-state index contributed by atoms with van der Waals surface area (Å²) in [6, 6.07) is 7.85. The van der Waals surface area contributed by atoms with E-state index in [0.29, 0.717) is 5.88 Å². The number of methoxy groups -OCH3 is 1. The standard InChI is InChI=1S/C13H15N3O/c1-17-13-10-12(5-9-16-13)15-8-4-11-2-6-14-7-3-11/h2-3,5-7,9-10H,4,8H2,1H3,(H,15,16). The summed E-state index contributed by atoms with van der Waals surface area (Å²) in [4.78, 5) is 8.04. The molecule has 17 heavy (non-hydrogen) atoms. The Morgan fingerprint density at radius 3 is 2.76 bits per heavy atom. The average Bonchev–Trinajstić information content (AvgIpc) is 2.40. The monoisotopic (exact) mass is 229 g/mol. The van der Waals surface area contributed by atoms with Gasteiger partial charge in [-0.3, -0.25) is 4.98 Å². The van der Waals surface area contributed by atoms with Crippen molar-refractivity contribution in [2.75, 3.05) is 19.0 Å². The van der Waals surface area contributed by atoms with Gasteiger partial charge in [0.25, 0.3) is 0 Å². The van der Waals surface area contributed by atoms with E-state index < -0.39 is 0 Å². The molecular weight excluding hydrogens is 214 g/mol. The van der Waals surface area contributed by atoms with Crippen molar-refractivity contribution in [1.82, 2.24) is 9.97 Å². The summed E-state index contributed by atoms with van der Waals surface area (Å²) < 4.78 is 5.06. The lowest BCUT2D eigenvalue weighted by molar-refractivity contribution is 0.398. The Morgan fingerprint density at radius 2 is 2.00 bits per heavy atom. The van der Waals surface area contributed by atoms with Crippen molar-refractivity contribution in [1.29, 1.82) is 0 Å². The Bertz CT molecular complexity index is 459. The lowest BCUT2D eigenvalue weighted by Gasteiger charge is -2.07. The number of nitrogens with zero attached hydrogens (tertiary/aromatic N) is 2. The van der Waals surface area contributed by atoms with Gasteiger partial charge < -0.3 is 10.1 Å². The zero-order valence-electron chi connectivity index (χ0n) is 9.76. The zero-order valence-corrected chi connectivity index (χ0v) is 9.76. The minimum Gasteiger partial charge on any atom is -0.481 e. The summed E-state index contributed by atoms with van der Waals surface area (Å²) >= 11 is 0. The molecule has 1 N–H and O–H groups in total. The number of rotatable bonds is 5. The number of hydrogen-bond acceptors (Lipinski definition) is 4. The molecule has 0 aliphatic heterocycles. The quantitative estimate of drug-likeness (QED) is 0.853. The van der Waals surface area contributed by atoms with Crippen molar-refractivity contribution in [3.63, 3.8) is 0 Å². The van der Waals surface area contributed by atoms with E-state index in [1.165, 1.54) is 5.56 Å². The summed E-state index contributed by atoms with van der Waals surface area (Å²) in [5.41, 5.74) is 2.29.